The van der Waals surface area contributed by atoms with Gasteiger partial charge in [-0.2, -0.15) is 0 Å². The van der Waals surface area contributed by atoms with Crippen LogP contribution in [-0.4, -0.2) is 21.4 Å². The molecular formula is C15H15BrN2O3S. The summed E-state index contributed by atoms with van der Waals surface area (Å²) in [5.74, 6) is -0.384. The summed E-state index contributed by atoms with van der Waals surface area (Å²) in [6.45, 7) is 1.92. The molecule has 0 radical (unpaired) electrons. The summed E-state index contributed by atoms with van der Waals surface area (Å²) in [5, 5.41) is 2.75. The molecule has 0 unspecified atom stereocenters. The average Bonchev–Trinajstić information content (AvgIpc) is 2.47. The minimum atomic E-state index is -3.60. The van der Waals surface area contributed by atoms with Gasteiger partial charge in [-0.05, 0) is 65.8 Å². The third-order valence-electron chi connectivity index (χ3n) is 3.04. The average molecular weight is 383 g/mol. The molecule has 0 fully saturated rings. The molecule has 0 atom stereocenters. The maximum absolute atomic E-state index is 12.4. The fourth-order valence-electron chi connectivity index (χ4n) is 1.88. The molecule has 0 aliphatic carbocycles. The zero-order valence-corrected chi connectivity index (χ0v) is 14.5. The number of benzene rings is 2. The highest BCUT2D eigenvalue weighted by Crippen LogP contribution is 2.22. The molecule has 116 valence electrons. The van der Waals surface area contributed by atoms with Crippen LogP contribution in [0.4, 0.5) is 5.69 Å². The first-order valence-corrected chi connectivity index (χ1v) is 8.72. The second-order valence-electron chi connectivity index (χ2n) is 4.67. The van der Waals surface area contributed by atoms with Gasteiger partial charge < -0.3 is 5.32 Å². The van der Waals surface area contributed by atoms with E-state index < -0.39 is 10.0 Å². The molecule has 0 bridgehead atoms. The molecule has 7 heteroatoms. The molecule has 2 aromatic carbocycles. The maximum atomic E-state index is 12.4. The topological polar surface area (TPSA) is 75.3 Å². The minimum Gasteiger partial charge on any atom is -0.322 e. The molecule has 0 saturated carbocycles. The van der Waals surface area contributed by atoms with E-state index in [1.807, 2.05) is 25.1 Å². The Morgan fingerprint density at radius 3 is 2.50 bits per heavy atom. The van der Waals surface area contributed by atoms with Crippen LogP contribution < -0.4 is 10.0 Å². The first-order chi connectivity index (χ1) is 10.3. The van der Waals surface area contributed by atoms with Crippen molar-refractivity contribution in [2.75, 3.05) is 12.4 Å². The number of amides is 1. The standard InChI is InChI=1S/C15H15BrN2O3S/c1-10-4-3-5-11(8-10)18-15(19)13-9-12(6-7-14(13)16)22(20,21)17-2/h3-9,17H,1-2H3,(H,18,19). The van der Waals surface area contributed by atoms with Gasteiger partial charge in [0.1, 0.15) is 0 Å². The van der Waals surface area contributed by atoms with E-state index in [-0.39, 0.29) is 16.4 Å². The van der Waals surface area contributed by atoms with Crippen LogP contribution in [0, 0.1) is 6.92 Å². The molecule has 2 aromatic rings. The van der Waals surface area contributed by atoms with E-state index >= 15 is 0 Å². The van der Waals surface area contributed by atoms with Crippen molar-refractivity contribution in [2.45, 2.75) is 11.8 Å². The molecule has 0 aliphatic heterocycles. The van der Waals surface area contributed by atoms with Gasteiger partial charge in [-0.3, -0.25) is 4.79 Å². The molecule has 0 aromatic heterocycles. The summed E-state index contributed by atoms with van der Waals surface area (Å²) in [4.78, 5) is 12.4. The van der Waals surface area contributed by atoms with Gasteiger partial charge in [-0.1, -0.05) is 12.1 Å². The highest BCUT2D eigenvalue weighted by Gasteiger charge is 2.17. The van der Waals surface area contributed by atoms with E-state index in [1.54, 1.807) is 6.07 Å². The molecular weight excluding hydrogens is 368 g/mol. The van der Waals surface area contributed by atoms with Crippen LogP contribution in [0.1, 0.15) is 15.9 Å². The van der Waals surface area contributed by atoms with Crippen molar-refractivity contribution in [3.8, 4) is 0 Å². The number of halogens is 1. The number of hydrogen-bond acceptors (Lipinski definition) is 3. The molecule has 2 rings (SSSR count). The quantitative estimate of drug-likeness (QED) is 0.853. The van der Waals surface area contributed by atoms with Crippen molar-refractivity contribution in [1.82, 2.24) is 4.72 Å². The highest BCUT2D eigenvalue weighted by molar-refractivity contribution is 9.10. The monoisotopic (exact) mass is 382 g/mol. The van der Waals surface area contributed by atoms with E-state index in [4.69, 9.17) is 0 Å². The number of anilines is 1. The van der Waals surface area contributed by atoms with Crippen molar-refractivity contribution >= 4 is 37.5 Å². The predicted octanol–water partition coefficient (Wildman–Crippen LogP) is 2.92. The third kappa shape index (κ3) is 3.73. The predicted molar refractivity (Wildman–Crippen MR) is 89.5 cm³/mol. The Hall–Kier alpha value is -1.70. The van der Waals surface area contributed by atoms with Crippen LogP contribution in [0.3, 0.4) is 0 Å². The Kier molecular flexibility index (Phi) is 5.00. The second-order valence-corrected chi connectivity index (χ2v) is 7.41. The van der Waals surface area contributed by atoms with Crippen LogP contribution in [0.5, 0.6) is 0 Å². The summed E-state index contributed by atoms with van der Waals surface area (Å²) in [6.07, 6.45) is 0. The van der Waals surface area contributed by atoms with Gasteiger partial charge in [0.25, 0.3) is 5.91 Å². The number of rotatable bonds is 4. The van der Waals surface area contributed by atoms with Crippen LogP contribution in [-0.2, 0) is 10.0 Å². The van der Waals surface area contributed by atoms with Crippen LogP contribution in [0.25, 0.3) is 0 Å². The first-order valence-electron chi connectivity index (χ1n) is 6.44. The zero-order chi connectivity index (χ0) is 16.3. The fourth-order valence-corrected chi connectivity index (χ4v) is 3.07. The summed E-state index contributed by atoms with van der Waals surface area (Å²) in [6, 6.07) is 11.7. The van der Waals surface area contributed by atoms with Gasteiger partial charge in [-0.25, -0.2) is 13.1 Å². The van der Waals surface area contributed by atoms with Crippen LogP contribution >= 0.6 is 15.9 Å². The largest absolute Gasteiger partial charge is 0.322 e. The summed E-state index contributed by atoms with van der Waals surface area (Å²) in [5.41, 5.74) is 1.92. The molecule has 22 heavy (non-hydrogen) atoms. The second kappa shape index (κ2) is 6.60. The van der Waals surface area contributed by atoms with Gasteiger partial charge in [0.2, 0.25) is 10.0 Å². The van der Waals surface area contributed by atoms with Crippen LogP contribution in [0.2, 0.25) is 0 Å². The lowest BCUT2D eigenvalue weighted by molar-refractivity contribution is 0.102. The summed E-state index contributed by atoms with van der Waals surface area (Å²) in [7, 11) is -2.28. The van der Waals surface area contributed by atoms with Gasteiger partial charge in [0, 0.05) is 10.2 Å². The summed E-state index contributed by atoms with van der Waals surface area (Å²) < 4.78 is 26.4. The van der Waals surface area contributed by atoms with E-state index in [9.17, 15) is 13.2 Å². The van der Waals surface area contributed by atoms with Crippen LogP contribution in [0.15, 0.2) is 51.8 Å². The number of hydrogen-bond donors (Lipinski definition) is 2. The molecule has 0 aliphatic rings. The van der Waals surface area contributed by atoms with Gasteiger partial charge in [0.15, 0.2) is 0 Å². The Balaban J connectivity index is 2.35. The van der Waals surface area contributed by atoms with Gasteiger partial charge >= 0.3 is 0 Å². The Labute approximate surface area is 137 Å². The van der Waals surface area contributed by atoms with Crippen molar-refractivity contribution < 1.29 is 13.2 Å². The Morgan fingerprint density at radius 1 is 1.14 bits per heavy atom. The normalized spacial score (nSPS) is 11.2. The van der Waals surface area contributed by atoms with Crippen molar-refractivity contribution in [2.24, 2.45) is 0 Å². The van der Waals surface area contributed by atoms with Gasteiger partial charge in [0.05, 0.1) is 10.5 Å². The maximum Gasteiger partial charge on any atom is 0.256 e. The number of sulfonamides is 1. The number of nitrogens with one attached hydrogen (secondary N) is 2. The van der Waals surface area contributed by atoms with E-state index in [1.165, 1.54) is 25.2 Å². The Bertz CT molecular complexity index is 819. The summed E-state index contributed by atoms with van der Waals surface area (Å²) >= 11 is 3.27. The SMILES string of the molecule is CNS(=O)(=O)c1ccc(Br)c(C(=O)Nc2cccc(C)c2)c1. The number of aryl methyl sites for hydroxylation is 1. The smallest absolute Gasteiger partial charge is 0.256 e. The lowest BCUT2D eigenvalue weighted by Crippen LogP contribution is -2.20. The Morgan fingerprint density at radius 2 is 1.86 bits per heavy atom. The molecule has 1 amide bonds. The third-order valence-corrected chi connectivity index (χ3v) is 5.14. The minimum absolute atomic E-state index is 0.0348. The molecule has 5 nitrogen and oxygen atoms in total. The fraction of sp³-hybridized carbons (Fsp3) is 0.133. The molecule has 2 N–H and O–H groups in total. The van der Waals surface area contributed by atoms with E-state index in [0.717, 1.165) is 5.56 Å². The highest BCUT2D eigenvalue weighted by atomic mass is 79.9. The number of carbonyl (C=O) groups is 1. The lowest BCUT2D eigenvalue weighted by atomic mass is 10.2. The first kappa shape index (κ1) is 16.7. The molecule has 0 heterocycles. The molecule has 0 spiro atoms. The molecule has 0 saturated heterocycles. The van der Waals surface area contributed by atoms with E-state index in [2.05, 4.69) is 26.0 Å². The van der Waals surface area contributed by atoms with Crippen molar-refractivity contribution in [3.63, 3.8) is 0 Å². The van der Waals surface area contributed by atoms with Crippen molar-refractivity contribution in [1.29, 1.82) is 0 Å². The van der Waals surface area contributed by atoms with Crippen molar-refractivity contribution in [3.05, 3.63) is 58.1 Å². The zero-order valence-electron chi connectivity index (χ0n) is 12.1. The number of carbonyl (C=O) groups excluding carboxylic acids is 1. The lowest BCUT2D eigenvalue weighted by Gasteiger charge is -2.10. The van der Waals surface area contributed by atoms with Gasteiger partial charge in [-0.15, -0.1) is 0 Å². The van der Waals surface area contributed by atoms with E-state index in [0.29, 0.717) is 10.2 Å².